The third-order valence-electron chi connectivity index (χ3n) is 3.51. The zero-order chi connectivity index (χ0) is 16.8. The molecule has 0 bridgehead atoms. The largest absolute Gasteiger partial charge is 0.291 e. The van der Waals surface area contributed by atoms with Gasteiger partial charge in [-0.2, -0.15) is 0 Å². The molecule has 122 valence electrons. The lowest BCUT2D eigenvalue weighted by atomic mass is 10.1. The number of unbranched alkanes of at least 4 members (excludes halogenated alkanes) is 1. The minimum atomic E-state index is -0.361. The fraction of sp³-hybridized carbons (Fsp3) is 0.353. The number of benzene rings is 1. The zero-order valence-electron chi connectivity index (χ0n) is 13.5. The quantitative estimate of drug-likeness (QED) is 0.745. The standard InChI is InChI=1S/C17H20FN3OS/c1-4-5-6-14(19-2)15-11-23-17(20-15)21(3)16(22)12-7-9-13(18)10-8-12/h7-11H,4-6H2,1-3H3. The maximum Gasteiger partial charge on any atom is 0.259 e. The first-order valence-electron chi connectivity index (χ1n) is 7.52. The summed E-state index contributed by atoms with van der Waals surface area (Å²) in [5, 5.41) is 2.52. The molecule has 1 aromatic carbocycles. The molecule has 0 unspecified atom stereocenters. The lowest BCUT2D eigenvalue weighted by molar-refractivity contribution is 0.0993. The van der Waals surface area contributed by atoms with Gasteiger partial charge >= 0.3 is 0 Å². The first-order valence-corrected chi connectivity index (χ1v) is 8.40. The molecule has 23 heavy (non-hydrogen) atoms. The van der Waals surface area contributed by atoms with E-state index < -0.39 is 0 Å². The van der Waals surface area contributed by atoms with Crippen molar-refractivity contribution in [1.29, 1.82) is 0 Å². The van der Waals surface area contributed by atoms with E-state index in [4.69, 9.17) is 0 Å². The van der Waals surface area contributed by atoms with Crippen molar-refractivity contribution < 1.29 is 9.18 Å². The number of anilines is 1. The number of hydrogen-bond acceptors (Lipinski definition) is 4. The topological polar surface area (TPSA) is 45.6 Å². The number of amides is 1. The Morgan fingerprint density at radius 2 is 2.04 bits per heavy atom. The highest BCUT2D eigenvalue weighted by Gasteiger charge is 2.17. The maximum atomic E-state index is 13.0. The average molecular weight is 333 g/mol. The summed E-state index contributed by atoms with van der Waals surface area (Å²) in [4.78, 5) is 22.7. The summed E-state index contributed by atoms with van der Waals surface area (Å²) in [6, 6.07) is 5.51. The van der Waals surface area contributed by atoms with E-state index in [0.29, 0.717) is 10.7 Å². The van der Waals surface area contributed by atoms with Gasteiger partial charge in [0, 0.05) is 25.0 Å². The Morgan fingerprint density at radius 3 is 2.65 bits per heavy atom. The lowest BCUT2D eigenvalue weighted by Gasteiger charge is -2.13. The molecular weight excluding hydrogens is 313 g/mol. The SMILES string of the molecule is CCCCC(=NC)c1csc(N(C)C(=O)c2ccc(F)cc2)n1. The molecule has 0 aliphatic carbocycles. The van der Waals surface area contributed by atoms with Crippen molar-refractivity contribution in [3.05, 3.63) is 46.7 Å². The fourth-order valence-corrected chi connectivity index (χ4v) is 2.92. The van der Waals surface area contributed by atoms with Crippen LogP contribution in [0.15, 0.2) is 34.6 Å². The van der Waals surface area contributed by atoms with Gasteiger partial charge < -0.3 is 0 Å². The van der Waals surface area contributed by atoms with Crippen molar-refractivity contribution in [3.8, 4) is 0 Å². The highest BCUT2D eigenvalue weighted by Crippen LogP contribution is 2.22. The second-order valence-corrected chi connectivity index (χ2v) is 6.00. The molecule has 0 radical (unpaired) electrons. The van der Waals surface area contributed by atoms with Gasteiger partial charge in [-0.3, -0.25) is 14.7 Å². The van der Waals surface area contributed by atoms with Crippen LogP contribution in [0.1, 0.15) is 42.2 Å². The van der Waals surface area contributed by atoms with Gasteiger partial charge in [0.1, 0.15) is 5.82 Å². The molecule has 4 nitrogen and oxygen atoms in total. The van der Waals surface area contributed by atoms with Crippen LogP contribution in [0.3, 0.4) is 0 Å². The monoisotopic (exact) mass is 333 g/mol. The van der Waals surface area contributed by atoms with E-state index in [1.165, 1.54) is 40.5 Å². The van der Waals surface area contributed by atoms with Gasteiger partial charge in [0.25, 0.3) is 5.91 Å². The van der Waals surface area contributed by atoms with Crippen molar-refractivity contribution in [2.75, 3.05) is 19.0 Å². The van der Waals surface area contributed by atoms with Gasteiger partial charge in [0.05, 0.1) is 11.4 Å². The van der Waals surface area contributed by atoms with Gasteiger partial charge in [0.2, 0.25) is 0 Å². The second-order valence-electron chi connectivity index (χ2n) is 5.16. The molecule has 2 aromatic rings. The number of hydrogen-bond donors (Lipinski definition) is 0. The molecule has 0 saturated heterocycles. The Hall–Kier alpha value is -2.08. The summed E-state index contributed by atoms with van der Waals surface area (Å²) >= 11 is 1.40. The van der Waals surface area contributed by atoms with Gasteiger partial charge in [-0.15, -0.1) is 11.3 Å². The van der Waals surface area contributed by atoms with E-state index in [0.717, 1.165) is 30.7 Å². The Kier molecular flexibility index (Phi) is 5.98. The molecule has 6 heteroatoms. The maximum absolute atomic E-state index is 13.0. The van der Waals surface area contributed by atoms with Gasteiger partial charge in [-0.25, -0.2) is 9.37 Å². The number of nitrogens with zero attached hydrogens (tertiary/aromatic N) is 3. The van der Waals surface area contributed by atoms with Crippen molar-refractivity contribution in [1.82, 2.24) is 4.98 Å². The van der Waals surface area contributed by atoms with E-state index in [9.17, 15) is 9.18 Å². The highest BCUT2D eigenvalue weighted by atomic mass is 32.1. The van der Waals surface area contributed by atoms with Gasteiger partial charge in [-0.05, 0) is 37.1 Å². The van der Waals surface area contributed by atoms with Crippen molar-refractivity contribution >= 4 is 28.1 Å². The summed E-state index contributed by atoms with van der Waals surface area (Å²) in [5.74, 6) is -0.574. The number of aliphatic imine (C=N–C) groups is 1. The molecule has 0 saturated carbocycles. The predicted molar refractivity (Wildman–Crippen MR) is 93.2 cm³/mol. The molecule has 0 aliphatic rings. The lowest BCUT2D eigenvalue weighted by Crippen LogP contribution is -2.26. The number of aromatic nitrogens is 1. The van der Waals surface area contributed by atoms with E-state index in [1.807, 2.05) is 5.38 Å². The molecule has 0 fully saturated rings. The van der Waals surface area contributed by atoms with Crippen LogP contribution in [0.25, 0.3) is 0 Å². The minimum absolute atomic E-state index is 0.213. The van der Waals surface area contributed by atoms with Crippen molar-refractivity contribution in [3.63, 3.8) is 0 Å². The summed E-state index contributed by atoms with van der Waals surface area (Å²) in [6.45, 7) is 2.13. The van der Waals surface area contributed by atoms with Crippen molar-refractivity contribution in [2.45, 2.75) is 26.2 Å². The third kappa shape index (κ3) is 4.22. The van der Waals surface area contributed by atoms with Crippen LogP contribution >= 0.6 is 11.3 Å². The van der Waals surface area contributed by atoms with E-state index in [1.54, 1.807) is 14.1 Å². The molecule has 0 spiro atoms. The van der Waals surface area contributed by atoms with Gasteiger partial charge in [0.15, 0.2) is 5.13 Å². The van der Waals surface area contributed by atoms with Crippen LogP contribution in [0.5, 0.6) is 0 Å². The van der Waals surface area contributed by atoms with Crippen LogP contribution < -0.4 is 4.90 Å². The number of carbonyl (C=O) groups is 1. The normalized spacial score (nSPS) is 11.6. The molecule has 1 amide bonds. The first kappa shape index (κ1) is 17.3. The number of carbonyl (C=O) groups excluding carboxylic acids is 1. The molecule has 0 N–H and O–H groups in total. The predicted octanol–water partition coefficient (Wildman–Crippen LogP) is 4.17. The molecule has 2 rings (SSSR count). The summed E-state index contributed by atoms with van der Waals surface area (Å²) < 4.78 is 13.0. The average Bonchev–Trinajstić information content (AvgIpc) is 3.05. The molecular formula is C17H20FN3OS. The van der Waals surface area contributed by atoms with Crippen LogP contribution in [0, 0.1) is 5.82 Å². The summed E-state index contributed by atoms with van der Waals surface area (Å²) in [5.41, 5.74) is 2.21. The smallest absolute Gasteiger partial charge is 0.259 e. The molecule has 0 aliphatic heterocycles. The van der Waals surface area contributed by atoms with E-state index in [-0.39, 0.29) is 11.7 Å². The molecule has 1 aromatic heterocycles. The van der Waals surface area contributed by atoms with Crippen molar-refractivity contribution in [2.24, 2.45) is 4.99 Å². The zero-order valence-corrected chi connectivity index (χ0v) is 14.4. The fourth-order valence-electron chi connectivity index (χ4n) is 2.12. The molecule has 0 atom stereocenters. The van der Waals surface area contributed by atoms with Crippen LogP contribution in [-0.2, 0) is 0 Å². The Labute approximate surface area is 139 Å². The van der Waals surface area contributed by atoms with Crippen LogP contribution in [-0.4, -0.2) is 30.7 Å². The van der Waals surface area contributed by atoms with E-state index >= 15 is 0 Å². The van der Waals surface area contributed by atoms with Crippen LogP contribution in [0.2, 0.25) is 0 Å². The third-order valence-corrected chi connectivity index (χ3v) is 4.42. The molecule has 1 heterocycles. The highest BCUT2D eigenvalue weighted by molar-refractivity contribution is 7.14. The Bertz CT molecular complexity index is 694. The van der Waals surface area contributed by atoms with Gasteiger partial charge in [-0.1, -0.05) is 13.3 Å². The van der Waals surface area contributed by atoms with E-state index in [2.05, 4.69) is 16.9 Å². The Morgan fingerprint density at radius 1 is 1.35 bits per heavy atom. The Balaban J connectivity index is 2.15. The summed E-state index contributed by atoms with van der Waals surface area (Å²) in [6.07, 6.45) is 3.04. The second kappa shape index (κ2) is 7.97. The van der Waals surface area contributed by atoms with Crippen LogP contribution in [0.4, 0.5) is 9.52 Å². The number of thiazole rings is 1. The number of halogens is 1. The number of rotatable bonds is 6. The first-order chi connectivity index (χ1) is 11.1. The summed E-state index contributed by atoms with van der Waals surface area (Å²) in [7, 11) is 3.43. The minimum Gasteiger partial charge on any atom is -0.291 e.